The first-order chi connectivity index (χ1) is 7.25. The molecular formula is C10H14N4S. The van der Waals surface area contributed by atoms with Gasteiger partial charge in [-0.1, -0.05) is 0 Å². The van der Waals surface area contributed by atoms with Crippen molar-refractivity contribution in [3.8, 4) is 0 Å². The number of nitrogens with one attached hydrogen (secondary N) is 1. The van der Waals surface area contributed by atoms with Gasteiger partial charge in [0.1, 0.15) is 5.01 Å². The van der Waals surface area contributed by atoms with Gasteiger partial charge in [-0.25, -0.2) is 4.98 Å². The van der Waals surface area contributed by atoms with Crippen molar-refractivity contribution in [3.05, 3.63) is 34.5 Å². The average molecular weight is 222 g/mol. The third kappa shape index (κ3) is 2.64. The molecular weight excluding hydrogens is 208 g/mol. The Balaban J connectivity index is 1.88. The number of hydrogen-bond acceptors (Lipinski definition) is 4. The van der Waals surface area contributed by atoms with Crippen LogP contribution in [-0.4, -0.2) is 14.8 Å². The highest BCUT2D eigenvalue weighted by Gasteiger charge is 2.07. The zero-order chi connectivity index (χ0) is 10.7. The van der Waals surface area contributed by atoms with Crippen molar-refractivity contribution in [1.29, 1.82) is 0 Å². The first-order valence-electron chi connectivity index (χ1n) is 4.87. The molecule has 15 heavy (non-hydrogen) atoms. The van der Waals surface area contributed by atoms with E-state index in [4.69, 9.17) is 0 Å². The summed E-state index contributed by atoms with van der Waals surface area (Å²) in [6.07, 6.45) is 3.78. The van der Waals surface area contributed by atoms with E-state index in [1.54, 1.807) is 11.3 Å². The highest BCUT2D eigenvalue weighted by molar-refractivity contribution is 7.09. The number of rotatable bonds is 4. The summed E-state index contributed by atoms with van der Waals surface area (Å²) in [6, 6.07) is 2.30. The van der Waals surface area contributed by atoms with Crippen LogP contribution >= 0.6 is 11.3 Å². The molecule has 0 fully saturated rings. The highest BCUT2D eigenvalue weighted by atomic mass is 32.1. The maximum Gasteiger partial charge on any atom is 0.109 e. The lowest BCUT2D eigenvalue weighted by Gasteiger charge is -2.09. The van der Waals surface area contributed by atoms with Crippen LogP contribution in [-0.2, 0) is 13.6 Å². The lowest BCUT2D eigenvalue weighted by Crippen LogP contribution is -2.18. The predicted molar refractivity (Wildman–Crippen MR) is 60.6 cm³/mol. The Morgan fingerprint density at radius 1 is 1.60 bits per heavy atom. The van der Waals surface area contributed by atoms with E-state index >= 15 is 0 Å². The number of nitrogens with zero attached hydrogens (tertiary/aromatic N) is 3. The molecule has 0 aliphatic heterocycles. The zero-order valence-electron chi connectivity index (χ0n) is 8.84. The molecule has 2 heterocycles. The Hall–Kier alpha value is -1.20. The topological polar surface area (TPSA) is 42.7 Å². The molecule has 2 rings (SSSR count). The molecule has 1 N–H and O–H groups in total. The van der Waals surface area contributed by atoms with Crippen molar-refractivity contribution in [2.45, 2.75) is 19.5 Å². The summed E-state index contributed by atoms with van der Waals surface area (Å²) in [5.41, 5.74) is 1.06. The molecule has 0 saturated carbocycles. The van der Waals surface area contributed by atoms with Gasteiger partial charge in [0.25, 0.3) is 0 Å². The second-order valence-corrected chi connectivity index (χ2v) is 4.38. The van der Waals surface area contributed by atoms with Gasteiger partial charge in [0, 0.05) is 31.4 Å². The van der Waals surface area contributed by atoms with E-state index in [1.165, 1.54) is 0 Å². The molecule has 0 aliphatic rings. The van der Waals surface area contributed by atoms with E-state index in [0.717, 1.165) is 17.2 Å². The van der Waals surface area contributed by atoms with E-state index in [-0.39, 0.29) is 6.04 Å². The largest absolute Gasteiger partial charge is 0.302 e. The van der Waals surface area contributed by atoms with Crippen LogP contribution in [0.15, 0.2) is 23.8 Å². The van der Waals surface area contributed by atoms with Gasteiger partial charge in [0.05, 0.1) is 11.7 Å². The van der Waals surface area contributed by atoms with Gasteiger partial charge < -0.3 is 5.32 Å². The average Bonchev–Trinajstić information content (AvgIpc) is 2.84. The van der Waals surface area contributed by atoms with E-state index in [1.807, 2.05) is 35.6 Å². The van der Waals surface area contributed by atoms with Gasteiger partial charge >= 0.3 is 0 Å². The lowest BCUT2D eigenvalue weighted by atomic mass is 10.3. The molecule has 0 aromatic carbocycles. The summed E-state index contributed by atoms with van der Waals surface area (Å²) in [5, 5.41) is 10.8. The number of aromatic nitrogens is 3. The lowest BCUT2D eigenvalue weighted by molar-refractivity contribution is 0.559. The Morgan fingerprint density at radius 2 is 2.47 bits per heavy atom. The maximum atomic E-state index is 4.30. The quantitative estimate of drug-likeness (QED) is 0.856. The summed E-state index contributed by atoms with van der Waals surface area (Å²) < 4.78 is 1.81. The molecule has 2 aromatic heterocycles. The van der Waals surface area contributed by atoms with E-state index in [2.05, 4.69) is 22.3 Å². The Bertz CT molecular complexity index is 407. The summed E-state index contributed by atoms with van der Waals surface area (Å²) >= 11 is 1.67. The molecule has 0 aliphatic carbocycles. The molecule has 0 saturated heterocycles. The number of hydrogen-bond donors (Lipinski definition) is 1. The highest BCUT2D eigenvalue weighted by Crippen LogP contribution is 2.14. The summed E-state index contributed by atoms with van der Waals surface area (Å²) in [5.74, 6) is 0. The van der Waals surface area contributed by atoms with Crippen molar-refractivity contribution in [2.24, 2.45) is 7.05 Å². The monoisotopic (exact) mass is 222 g/mol. The van der Waals surface area contributed by atoms with Crippen LogP contribution in [0.3, 0.4) is 0 Å². The van der Waals surface area contributed by atoms with Gasteiger partial charge in [-0.2, -0.15) is 5.10 Å². The molecule has 0 amide bonds. The standard InChI is InChI=1S/C10H14N4S/c1-8(10-11-4-6-15-10)12-7-9-3-5-14(2)13-9/h3-6,8,12H,7H2,1-2H3. The minimum absolute atomic E-state index is 0.284. The number of thiazole rings is 1. The van der Waals surface area contributed by atoms with Gasteiger partial charge in [-0.05, 0) is 13.0 Å². The van der Waals surface area contributed by atoms with Crippen LogP contribution in [0.1, 0.15) is 23.7 Å². The van der Waals surface area contributed by atoms with Crippen LogP contribution < -0.4 is 5.32 Å². The molecule has 0 bridgehead atoms. The Kier molecular flexibility index (Phi) is 3.13. The van der Waals surface area contributed by atoms with Crippen molar-refractivity contribution in [2.75, 3.05) is 0 Å². The Labute approximate surface area is 93.0 Å². The van der Waals surface area contributed by atoms with Crippen molar-refractivity contribution < 1.29 is 0 Å². The van der Waals surface area contributed by atoms with E-state index in [9.17, 15) is 0 Å². The SMILES string of the molecule is CC(NCc1ccn(C)n1)c1nccs1. The third-order valence-corrected chi connectivity index (χ3v) is 3.14. The van der Waals surface area contributed by atoms with Gasteiger partial charge in [0.15, 0.2) is 0 Å². The van der Waals surface area contributed by atoms with E-state index < -0.39 is 0 Å². The second-order valence-electron chi connectivity index (χ2n) is 3.45. The van der Waals surface area contributed by atoms with Crippen LogP contribution in [0, 0.1) is 0 Å². The van der Waals surface area contributed by atoms with Crippen LogP contribution in [0.5, 0.6) is 0 Å². The minimum atomic E-state index is 0.284. The fourth-order valence-electron chi connectivity index (χ4n) is 1.35. The summed E-state index contributed by atoms with van der Waals surface area (Å²) in [4.78, 5) is 4.26. The first-order valence-corrected chi connectivity index (χ1v) is 5.75. The smallest absolute Gasteiger partial charge is 0.109 e. The Morgan fingerprint density at radius 3 is 3.07 bits per heavy atom. The molecule has 1 atom stereocenters. The van der Waals surface area contributed by atoms with E-state index in [0.29, 0.717) is 0 Å². The van der Waals surface area contributed by atoms with Crippen molar-refractivity contribution in [1.82, 2.24) is 20.1 Å². The third-order valence-electron chi connectivity index (χ3n) is 2.18. The van der Waals surface area contributed by atoms with Gasteiger partial charge in [0.2, 0.25) is 0 Å². The summed E-state index contributed by atoms with van der Waals surface area (Å²) in [7, 11) is 1.92. The van der Waals surface area contributed by atoms with Crippen LogP contribution in [0.25, 0.3) is 0 Å². The van der Waals surface area contributed by atoms with Crippen LogP contribution in [0.2, 0.25) is 0 Å². The first kappa shape index (κ1) is 10.3. The molecule has 80 valence electrons. The fraction of sp³-hybridized carbons (Fsp3) is 0.400. The molecule has 0 spiro atoms. The molecule has 5 heteroatoms. The fourth-order valence-corrected chi connectivity index (χ4v) is 2.02. The molecule has 4 nitrogen and oxygen atoms in total. The molecule has 1 unspecified atom stereocenters. The summed E-state index contributed by atoms with van der Waals surface area (Å²) in [6.45, 7) is 2.89. The molecule has 0 radical (unpaired) electrons. The van der Waals surface area contributed by atoms with Gasteiger partial charge in [-0.3, -0.25) is 4.68 Å². The number of aryl methyl sites for hydroxylation is 1. The normalized spacial score (nSPS) is 12.9. The molecule has 2 aromatic rings. The van der Waals surface area contributed by atoms with Crippen LogP contribution in [0.4, 0.5) is 0 Å². The zero-order valence-corrected chi connectivity index (χ0v) is 9.66. The van der Waals surface area contributed by atoms with Crippen molar-refractivity contribution >= 4 is 11.3 Å². The predicted octanol–water partition coefficient (Wildman–Crippen LogP) is 1.73. The minimum Gasteiger partial charge on any atom is -0.302 e. The van der Waals surface area contributed by atoms with Crippen molar-refractivity contribution in [3.63, 3.8) is 0 Å². The second kappa shape index (κ2) is 4.55. The van der Waals surface area contributed by atoms with Gasteiger partial charge in [-0.15, -0.1) is 11.3 Å². The maximum absolute atomic E-state index is 4.30.